The topological polar surface area (TPSA) is 90.3 Å². The van der Waals surface area contributed by atoms with Gasteiger partial charge < -0.3 is 20.1 Å². The van der Waals surface area contributed by atoms with Crippen LogP contribution in [0.5, 0.6) is 11.5 Å². The number of carbonyl (C=O) groups is 1. The summed E-state index contributed by atoms with van der Waals surface area (Å²) in [7, 11) is 3.14. The van der Waals surface area contributed by atoms with Gasteiger partial charge >= 0.3 is 0 Å². The Balaban J connectivity index is 1.64. The average Bonchev–Trinajstić information content (AvgIpc) is 3.19. The molecule has 0 aliphatic carbocycles. The first-order valence-electron chi connectivity index (χ1n) is 9.71. The fourth-order valence-electron chi connectivity index (χ4n) is 3.75. The summed E-state index contributed by atoms with van der Waals surface area (Å²) in [4.78, 5) is 17.6. The van der Waals surface area contributed by atoms with Crippen LogP contribution in [0.25, 0.3) is 0 Å². The van der Waals surface area contributed by atoms with Gasteiger partial charge in [-0.2, -0.15) is 5.10 Å². The number of carbonyl (C=O) groups excluding carboxylic acids is 1. The lowest BCUT2D eigenvalue weighted by Crippen LogP contribution is -2.38. The quantitative estimate of drug-likeness (QED) is 0.668. The zero-order valence-corrected chi connectivity index (χ0v) is 17.5. The molecule has 1 atom stereocenters. The fourth-order valence-corrected chi connectivity index (χ4v) is 3.75. The Kier molecular flexibility index (Phi) is 5.07. The first-order valence-corrected chi connectivity index (χ1v) is 9.71. The normalized spacial score (nSPS) is 16.9. The molecule has 1 aromatic carbocycles. The van der Waals surface area contributed by atoms with Crippen molar-refractivity contribution in [3.63, 3.8) is 0 Å². The summed E-state index contributed by atoms with van der Waals surface area (Å²) in [5.41, 5.74) is 1.69. The number of nitrogens with zero attached hydrogens (tertiary/aromatic N) is 3. The molecule has 0 radical (unpaired) electrons. The molecule has 8 heteroatoms. The summed E-state index contributed by atoms with van der Waals surface area (Å²) in [5, 5.41) is 10.9. The van der Waals surface area contributed by atoms with Crippen molar-refractivity contribution in [3.05, 3.63) is 60.0 Å². The predicted octanol–water partition coefficient (Wildman–Crippen LogP) is 3.84. The molecule has 0 spiro atoms. The fraction of sp³-hybridized carbons (Fsp3) is 0.318. The number of rotatable bonds is 5. The average molecular weight is 407 g/mol. The monoisotopic (exact) mass is 407 g/mol. The number of amides is 1. The van der Waals surface area contributed by atoms with Crippen LogP contribution in [0.2, 0.25) is 0 Å². The number of pyridine rings is 1. The van der Waals surface area contributed by atoms with Crippen molar-refractivity contribution < 1.29 is 14.3 Å². The Morgan fingerprint density at radius 3 is 2.57 bits per heavy atom. The number of nitrogens with one attached hydrogen (secondary N) is 2. The molecule has 1 amide bonds. The number of ether oxygens (including phenoxy) is 2. The maximum absolute atomic E-state index is 13.1. The standard InChI is InChI=1S/C22H25N5O3/c1-22(2)12-19(18-7-5-6-8-23-18)26-20-17(13-24-27(20)22)21(28)25-14-9-15(29-3)11-16(10-14)30-4/h5-11,13,19,26H,12H2,1-4H3,(H,25,28). The first kappa shape index (κ1) is 19.8. The molecule has 2 N–H and O–H groups in total. The van der Waals surface area contributed by atoms with Crippen LogP contribution in [-0.2, 0) is 5.54 Å². The van der Waals surface area contributed by atoms with Gasteiger partial charge in [0.15, 0.2) is 0 Å². The van der Waals surface area contributed by atoms with Crippen LogP contribution < -0.4 is 20.1 Å². The van der Waals surface area contributed by atoms with E-state index in [1.165, 1.54) is 0 Å². The summed E-state index contributed by atoms with van der Waals surface area (Å²) >= 11 is 0. The molecule has 3 heterocycles. The lowest BCUT2D eigenvalue weighted by molar-refractivity contribution is 0.102. The van der Waals surface area contributed by atoms with Crippen molar-refractivity contribution >= 4 is 17.4 Å². The second-order valence-corrected chi connectivity index (χ2v) is 7.84. The van der Waals surface area contributed by atoms with Crippen molar-refractivity contribution in [3.8, 4) is 11.5 Å². The zero-order valence-electron chi connectivity index (χ0n) is 17.5. The van der Waals surface area contributed by atoms with Crippen LogP contribution in [0, 0.1) is 0 Å². The molecule has 4 rings (SSSR count). The number of hydrogen-bond acceptors (Lipinski definition) is 6. The molecule has 156 valence electrons. The zero-order chi connectivity index (χ0) is 21.3. The third kappa shape index (κ3) is 3.68. The molecule has 0 saturated heterocycles. The number of methoxy groups -OCH3 is 2. The third-order valence-corrected chi connectivity index (χ3v) is 5.26. The van der Waals surface area contributed by atoms with Crippen LogP contribution in [0.4, 0.5) is 11.5 Å². The molecular formula is C22H25N5O3. The highest BCUT2D eigenvalue weighted by Crippen LogP contribution is 2.39. The van der Waals surface area contributed by atoms with Gasteiger partial charge in [0.1, 0.15) is 22.9 Å². The minimum Gasteiger partial charge on any atom is -0.497 e. The maximum Gasteiger partial charge on any atom is 0.261 e. The van der Waals surface area contributed by atoms with Crippen molar-refractivity contribution in [2.24, 2.45) is 0 Å². The van der Waals surface area contributed by atoms with Crippen LogP contribution in [0.1, 0.15) is 42.4 Å². The van der Waals surface area contributed by atoms with E-state index in [1.807, 2.05) is 22.9 Å². The van der Waals surface area contributed by atoms with Gasteiger partial charge in [0, 0.05) is 30.1 Å². The van der Waals surface area contributed by atoms with Gasteiger partial charge in [-0.05, 0) is 32.4 Å². The molecule has 30 heavy (non-hydrogen) atoms. The highest BCUT2D eigenvalue weighted by Gasteiger charge is 2.37. The van der Waals surface area contributed by atoms with E-state index in [9.17, 15) is 4.79 Å². The van der Waals surface area contributed by atoms with Crippen molar-refractivity contribution in [2.45, 2.75) is 31.8 Å². The molecule has 1 aliphatic rings. The second kappa shape index (κ2) is 7.70. The van der Waals surface area contributed by atoms with E-state index in [1.54, 1.807) is 44.8 Å². The summed E-state index contributed by atoms with van der Waals surface area (Å²) < 4.78 is 12.4. The summed E-state index contributed by atoms with van der Waals surface area (Å²) in [5.74, 6) is 1.60. The van der Waals surface area contributed by atoms with Crippen molar-refractivity contribution in [1.29, 1.82) is 0 Å². The molecule has 1 unspecified atom stereocenters. The molecule has 0 bridgehead atoms. The third-order valence-electron chi connectivity index (χ3n) is 5.26. The van der Waals surface area contributed by atoms with Crippen LogP contribution >= 0.6 is 0 Å². The Hall–Kier alpha value is -3.55. The molecule has 0 saturated carbocycles. The maximum atomic E-state index is 13.1. The number of hydrogen-bond donors (Lipinski definition) is 2. The molecular weight excluding hydrogens is 382 g/mol. The lowest BCUT2D eigenvalue weighted by Gasteiger charge is -2.37. The number of benzene rings is 1. The van der Waals surface area contributed by atoms with Crippen LogP contribution in [-0.4, -0.2) is 34.9 Å². The van der Waals surface area contributed by atoms with E-state index < -0.39 is 0 Å². The number of fused-ring (bicyclic) bond motifs is 1. The molecule has 3 aromatic rings. The Bertz CT molecular complexity index is 1040. The van der Waals surface area contributed by atoms with E-state index >= 15 is 0 Å². The van der Waals surface area contributed by atoms with Crippen molar-refractivity contribution in [1.82, 2.24) is 14.8 Å². The second-order valence-electron chi connectivity index (χ2n) is 7.84. The highest BCUT2D eigenvalue weighted by atomic mass is 16.5. The lowest BCUT2D eigenvalue weighted by atomic mass is 9.91. The molecule has 1 aliphatic heterocycles. The summed E-state index contributed by atoms with van der Waals surface area (Å²) in [6.07, 6.45) is 4.17. The minimum absolute atomic E-state index is 0.0196. The largest absolute Gasteiger partial charge is 0.497 e. The van der Waals surface area contributed by atoms with Gasteiger partial charge in [0.05, 0.1) is 37.7 Å². The van der Waals surface area contributed by atoms with E-state index in [4.69, 9.17) is 9.47 Å². The van der Waals surface area contributed by atoms with Crippen LogP contribution in [0.3, 0.4) is 0 Å². The van der Waals surface area contributed by atoms with Gasteiger partial charge in [-0.15, -0.1) is 0 Å². The Labute approximate surface area is 175 Å². The number of anilines is 2. The highest BCUT2D eigenvalue weighted by molar-refractivity contribution is 6.07. The van der Waals surface area contributed by atoms with E-state index in [0.717, 1.165) is 12.1 Å². The first-order chi connectivity index (χ1) is 14.4. The molecule has 8 nitrogen and oxygen atoms in total. The van der Waals surface area contributed by atoms with Gasteiger partial charge in [-0.1, -0.05) is 6.07 Å². The number of aromatic nitrogens is 3. The summed E-state index contributed by atoms with van der Waals surface area (Å²) in [6.45, 7) is 4.21. The van der Waals surface area contributed by atoms with Gasteiger partial charge in [-0.3, -0.25) is 9.78 Å². The minimum atomic E-state index is -0.277. The van der Waals surface area contributed by atoms with Crippen molar-refractivity contribution in [2.75, 3.05) is 24.9 Å². The van der Waals surface area contributed by atoms with E-state index in [2.05, 4.69) is 34.6 Å². The van der Waals surface area contributed by atoms with Crippen LogP contribution in [0.15, 0.2) is 48.8 Å². The van der Waals surface area contributed by atoms with Gasteiger partial charge in [-0.25, -0.2) is 4.68 Å². The SMILES string of the molecule is COc1cc(NC(=O)c2cnn3c2NC(c2ccccn2)CC3(C)C)cc(OC)c1. The van der Waals surface area contributed by atoms with E-state index in [0.29, 0.717) is 28.6 Å². The van der Waals surface area contributed by atoms with E-state index in [-0.39, 0.29) is 17.5 Å². The van der Waals surface area contributed by atoms with Gasteiger partial charge in [0.2, 0.25) is 0 Å². The Morgan fingerprint density at radius 1 is 1.20 bits per heavy atom. The summed E-state index contributed by atoms with van der Waals surface area (Å²) in [6, 6.07) is 11.1. The Morgan fingerprint density at radius 2 is 1.93 bits per heavy atom. The molecule has 2 aromatic heterocycles. The van der Waals surface area contributed by atoms with Gasteiger partial charge in [0.25, 0.3) is 5.91 Å². The molecule has 0 fully saturated rings. The smallest absolute Gasteiger partial charge is 0.261 e. The predicted molar refractivity (Wildman–Crippen MR) is 114 cm³/mol.